The van der Waals surface area contributed by atoms with Crippen molar-refractivity contribution in [2.75, 3.05) is 11.9 Å². The van der Waals surface area contributed by atoms with Gasteiger partial charge in [0.2, 0.25) is 5.91 Å². The van der Waals surface area contributed by atoms with E-state index < -0.39 is 11.7 Å². The molecule has 0 saturated carbocycles. The first kappa shape index (κ1) is 15.8. The fourth-order valence-corrected chi connectivity index (χ4v) is 1.91. The maximum absolute atomic E-state index is 12.5. The van der Waals surface area contributed by atoms with Crippen molar-refractivity contribution in [1.29, 1.82) is 0 Å². The Labute approximate surface area is 115 Å². The van der Waals surface area contributed by atoms with Crippen LogP contribution in [0.5, 0.6) is 0 Å². The third-order valence-electron chi connectivity index (χ3n) is 2.83. The van der Waals surface area contributed by atoms with Crippen molar-refractivity contribution in [3.05, 3.63) is 29.8 Å². The molecule has 1 aliphatic rings. The SMILES string of the molecule is Cl.O=C(Nc1cccc(C(F)(F)F)c1)C1CCCN1. The maximum Gasteiger partial charge on any atom is 0.416 e. The van der Waals surface area contributed by atoms with E-state index in [0.717, 1.165) is 25.1 Å². The van der Waals surface area contributed by atoms with E-state index in [1.54, 1.807) is 0 Å². The lowest BCUT2D eigenvalue weighted by Gasteiger charge is -2.12. The highest BCUT2D eigenvalue weighted by Crippen LogP contribution is 2.30. The number of nitrogens with one attached hydrogen (secondary N) is 2. The van der Waals surface area contributed by atoms with E-state index in [1.165, 1.54) is 12.1 Å². The molecule has 1 heterocycles. The van der Waals surface area contributed by atoms with E-state index in [2.05, 4.69) is 10.6 Å². The number of hydrogen-bond acceptors (Lipinski definition) is 2. The van der Waals surface area contributed by atoms with E-state index in [4.69, 9.17) is 0 Å². The number of halogens is 4. The number of amides is 1. The lowest BCUT2D eigenvalue weighted by molar-refractivity contribution is -0.137. The molecule has 1 aromatic rings. The predicted octanol–water partition coefficient (Wildman–Crippen LogP) is 2.82. The molecule has 3 nitrogen and oxygen atoms in total. The van der Waals surface area contributed by atoms with Gasteiger partial charge in [0, 0.05) is 5.69 Å². The van der Waals surface area contributed by atoms with Crippen LogP contribution in [0.1, 0.15) is 18.4 Å². The van der Waals surface area contributed by atoms with Crippen LogP contribution >= 0.6 is 12.4 Å². The molecule has 0 aromatic heterocycles. The molecule has 2 rings (SSSR count). The smallest absolute Gasteiger partial charge is 0.325 e. The Morgan fingerprint density at radius 1 is 1.37 bits per heavy atom. The highest BCUT2D eigenvalue weighted by molar-refractivity contribution is 5.95. The van der Waals surface area contributed by atoms with Gasteiger partial charge in [-0.05, 0) is 37.6 Å². The molecule has 0 bridgehead atoms. The summed E-state index contributed by atoms with van der Waals surface area (Å²) in [6.07, 6.45) is -2.78. The summed E-state index contributed by atoms with van der Waals surface area (Å²) in [5, 5.41) is 5.48. The lowest BCUT2D eigenvalue weighted by Crippen LogP contribution is -2.35. The van der Waals surface area contributed by atoms with Gasteiger partial charge in [0.15, 0.2) is 0 Å². The molecule has 0 spiro atoms. The first-order chi connectivity index (χ1) is 8.47. The molecule has 1 aromatic carbocycles. The summed E-state index contributed by atoms with van der Waals surface area (Å²) in [5.41, 5.74) is -0.594. The van der Waals surface area contributed by atoms with Crippen molar-refractivity contribution < 1.29 is 18.0 Å². The van der Waals surface area contributed by atoms with E-state index in [1.807, 2.05) is 0 Å². The third-order valence-corrected chi connectivity index (χ3v) is 2.83. The second-order valence-corrected chi connectivity index (χ2v) is 4.22. The zero-order chi connectivity index (χ0) is 13.2. The Kier molecular flexibility index (Phi) is 5.20. The van der Waals surface area contributed by atoms with Crippen LogP contribution in [0.25, 0.3) is 0 Å². The van der Waals surface area contributed by atoms with Gasteiger partial charge in [-0.2, -0.15) is 13.2 Å². The standard InChI is InChI=1S/C12H13F3N2O.ClH/c13-12(14,15)8-3-1-4-9(7-8)17-11(18)10-5-2-6-16-10;/h1,3-4,7,10,16H,2,5-6H2,(H,17,18);1H. The number of carbonyl (C=O) groups excluding carboxylic acids is 1. The van der Waals surface area contributed by atoms with Gasteiger partial charge in [-0.3, -0.25) is 4.79 Å². The van der Waals surface area contributed by atoms with Gasteiger partial charge in [0.25, 0.3) is 0 Å². The number of alkyl halides is 3. The minimum Gasteiger partial charge on any atom is -0.325 e. The fourth-order valence-electron chi connectivity index (χ4n) is 1.91. The summed E-state index contributed by atoms with van der Waals surface area (Å²) in [4.78, 5) is 11.7. The van der Waals surface area contributed by atoms with Crippen molar-refractivity contribution >= 4 is 24.0 Å². The maximum atomic E-state index is 12.5. The van der Waals surface area contributed by atoms with Crippen LogP contribution in [0.3, 0.4) is 0 Å². The van der Waals surface area contributed by atoms with Crippen LogP contribution in [0, 0.1) is 0 Å². The third kappa shape index (κ3) is 4.11. The number of carbonyl (C=O) groups is 1. The second kappa shape index (κ2) is 6.25. The van der Waals surface area contributed by atoms with Crippen LogP contribution in [0.4, 0.5) is 18.9 Å². The Hall–Kier alpha value is -1.27. The molecule has 0 aliphatic carbocycles. The predicted molar refractivity (Wildman–Crippen MR) is 68.3 cm³/mol. The molecular formula is C12H14ClF3N2O. The Bertz CT molecular complexity index is 445. The van der Waals surface area contributed by atoms with E-state index >= 15 is 0 Å². The number of rotatable bonds is 2. The number of anilines is 1. The minimum atomic E-state index is -4.40. The topological polar surface area (TPSA) is 41.1 Å². The van der Waals surface area contributed by atoms with Gasteiger partial charge in [0.1, 0.15) is 0 Å². The molecule has 19 heavy (non-hydrogen) atoms. The Morgan fingerprint density at radius 2 is 2.11 bits per heavy atom. The number of hydrogen-bond donors (Lipinski definition) is 2. The fraction of sp³-hybridized carbons (Fsp3) is 0.417. The van der Waals surface area contributed by atoms with Crippen molar-refractivity contribution in [3.8, 4) is 0 Å². The molecule has 1 unspecified atom stereocenters. The zero-order valence-electron chi connectivity index (χ0n) is 9.96. The minimum absolute atomic E-state index is 0. The Balaban J connectivity index is 0.00000180. The molecule has 1 atom stereocenters. The zero-order valence-corrected chi connectivity index (χ0v) is 10.8. The van der Waals surface area contributed by atoms with Crippen molar-refractivity contribution in [1.82, 2.24) is 5.32 Å². The van der Waals surface area contributed by atoms with E-state index in [-0.39, 0.29) is 30.0 Å². The van der Waals surface area contributed by atoms with Gasteiger partial charge >= 0.3 is 6.18 Å². The molecule has 1 aliphatic heterocycles. The van der Waals surface area contributed by atoms with Crippen molar-refractivity contribution in [2.45, 2.75) is 25.1 Å². The average Bonchev–Trinajstić information content (AvgIpc) is 2.81. The second-order valence-electron chi connectivity index (χ2n) is 4.22. The van der Waals surface area contributed by atoms with Crippen LogP contribution in [-0.2, 0) is 11.0 Å². The molecule has 106 valence electrons. The van der Waals surface area contributed by atoms with Gasteiger partial charge in [-0.1, -0.05) is 6.07 Å². The van der Waals surface area contributed by atoms with E-state index in [0.29, 0.717) is 6.42 Å². The first-order valence-electron chi connectivity index (χ1n) is 5.68. The van der Waals surface area contributed by atoms with Crippen LogP contribution in [0.2, 0.25) is 0 Å². The van der Waals surface area contributed by atoms with E-state index in [9.17, 15) is 18.0 Å². The highest BCUT2D eigenvalue weighted by atomic mass is 35.5. The highest BCUT2D eigenvalue weighted by Gasteiger charge is 2.30. The first-order valence-corrected chi connectivity index (χ1v) is 5.68. The molecule has 1 fully saturated rings. The quantitative estimate of drug-likeness (QED) is 0.880. The number of benzene rings is 1. The average molecular weight is 295 g/mol. The molecule has 0 radical (unpaired) electrons. The van der Waals surface area contributed by atoms with Crippen LogP contribution in [0.15, 0.2) is 24.3 Å². The van der Waals surface area contributed by atoms with Gasteiger partial charge in [0.05, 0.1) is 11.6 Å². The van der Waals surface area contributed by atoms with Crippen LogP contribution < -0.4 is 10.6 Å². The monoisotopic (exact) mass is 294 g/mol. The molecule has 1 amide bonds. The van der Waals surface area contributed by atoms with Crippen molar-refractivity contribution in [2.24, 2.45) is 0 Å². The normalized spacial score (nSPS) is 18.8. The van der Waals surface area contributed by atoms with Gasteiger partial charge in [-0.15, -0.1) is 12.4 Å². The van der Waals surface area contributed by atoms with Gasteiger partial charge < -0.3 is 10.6 Å². The summed E-state index contributed by atoms with van der Waals surface area (Å²) in [6, 6.07) is 4.33. The summed E-state index contributed by atoms with van der Waals surface area (Å²) < 4.78 is 37.4. The van der Waals surface area contributed by atoms with Gasteiger partial charge in [-0.25, -0.2) is 0 Å². The lowest BCUT2D eigenvalue weighted by atomic mass is 10.1. The largest absolute Gasteiger partial charge is 0.416 e. The summed E-state index contributed by atoms with van der Waals surface area (Å²) in [6.45, 7) is 0.765. The summed E-state index contributed by atoms with van der Waals surface area (Å²) in [5.74, 6) is -0.285. The molecular weight excluding hydrogens is 281 g/mol. The Morgan fingerprint density at radius 3 is 2.68 bits per heavy atom. The molecule has 1 saturated heterocycles. The summed E-state index contributed by atoms with van der Waals surface area (Å²) >= 11 is 0. The van der Waals surface area contributed by atoms with Crippen LogP contribution in [-0.4, -0.2) is 18.5 Å². The summed E-state index contributed by atoms with van der Waals surface area (Å²) in [7, 11) is 0. The van der Waals surface area contributed by atoms with Crippen molar-refractivity contribution in [3.63, 3.8) is 0 Å². The molecule has 7 heteroatoms. The molecule has 2 N–H and O–H groups in total.